The molecule has 64 valence electrons. The van der Waals surface area contributed by atoms with Crippen molar-refractivity contribution in [3.63, 3.8) is 0 Å². The fraction of sp³-hybridized carbons (Fsp3) is 0.714. The molecule has 1 rings (SSSR count). The number of carbonyl (C=O) groups excluding carboxylic acids is 1. The highest BCUT2D eigenvalue weighted by Crippen LogP contribution is 1.86. The van der Waals surface area contributed by atoms with Crippen molar-refractivity contribution in [3.8, 4) is 0 Å². The zero-order valence-corrected chi connectivity index (χ0v) is 7.83. The van der Waals surface area contributed by atoms with Gasteiger partial charge in [0.15, 0.2) is 0 Å². The fourth-order valence-electron chi connectivity index (χ4n) is 0.320. The molecule has 0 aromatic carbocycles. The van der Waals surface area contributed by atoms with E-state index in [0.29, 0.717) is 0 Å². The summed E-state index contributed by atoms with van der Waals surface area (Å²) in [5.41, 5.74) is 0. The minimum absolute atomic E-state index is 0.185. The van der Waals surface area contributed by atoms with Crippen molar-refractivity contribution in [2.24, 2.45) is 5.92 Å². The molecule has 0 amide bonds. The lowest BCUT2D eigenvalue weighted by Crippen LogP contribution is -2.12. The lowest BCUT2D eigenvalue weighted by atomic mass is 10.3. The molecule has 1 aliphatic rings. The Morgan fingerprint density at radius 1 is 1.55 bits per heavy atom. The normalized spacial score (nSPS) is 15.3. The van der Waals surface area contributed by atoms with E-state index in [1.165, 1.54) is 0 Å². The average molecular weight is 175 g/mol. The number of esters is 1. The van der Waals surface area contributed by atoms with Gasteiger partial charge in [0.05, 0.1) is 0 Å². The number of thiocarbonyl (C=S) groups is 1. The molecule has 1 N–H and O–H groups in total. The Morgan fingerprint density at radius 2 is 2.00 bits per heavy atom. The van der Waals surface area contributed by atoms with E-state index < -0.39 is 0 Å². The van der Waals surface area contributed by atoms with Crippen LogP contribution in [0.3, 0.4) is 0 Å². The summed E-state index contributed by atoms with van der Waals surface area (Å²) in [4.78, 5) is 10.1. The first kappa shape index (κ1) is 10.4. The van der Waals surface area contributed by atoms with E-state index in [9.17, 15) is 4.79 Å². The number of ether oxygens (including phenoxy) is 1. The highest BCUT2D eigenvalue weighted by molar-refractivity contribution is 7.80. The summed E-state index contributed by atoms with van der Waals surface area (Å²) in [6.45, 7) is 6.72. The molecule has 0 spiro atoms. The van der Waals surface area contributed by atoms with E-state index in [0.717, 1.165) is 5.92 Å². The number of hydrogen-bond acceptors (Lipinski definition) is 3. The third kappa shape index (κ3) is 7.25. The first-order chi connectivity index (χ1) is 5.02. The van der Waals surface area contributed by atoms with Gasteiger partial charge in [-0.15, -0.1) is 0 Å². The van der Waals surface area contributed by atoms with Gasteiger partial charge in [0, 0.05) is 0 Å². The summed E-state index contributed by atoms with van der Waals surface area (Å²) in [5.74, 6) is 0.532. The van der Waals surface area contributed by atoms with Crippen LogP contribution in [0.2, 0.25) is 0 Å². The third-order valence-electron chi connectivity index (χ3n) is 0.584. The van der Waals surface area contributed by atoms with Crippen molar-refractivity contribution >= 4 is 23.4 Å². The van der Waals surface area contributed by atoms with Crippen LogP contribution < -0.4 is 5.32 Å². The summed E-state index contributed by atoms with van der Waals surface area (Å²) in [6, 6.07) is 0. The van der Waals surface area contributed by atoms with Crippen LogP contribution in [-0.2, 0) is 9.53 Å². The van der Waals surface area contributed by atoms with Gasteiger partial charge >= 0.3 is 5.97 Å². The Kier molecular flexibility index (Phi) is 4.77. The zero-order chi connectivity index (χ0) is 8.85. The highest BCUT2D eigenvalue weighted by Gasteiger charge is 2.13. The third-order valence-corrected chi connectivity index (χ3v) is 0.811. The molecular weight excluding hydrogens is 162 g/mol. The van der Waals surface area contributed by atoms with E-state index in [-0.39, 0.29) is 17.7 Å². The quantitative estimate of drug-likeness (QED) is 0.441. The van der Waals surface area contributed by atoms with Gasteiger partial charge < -0.3 is 10.1 Å². The zero-order valence-electron chi connectivity index (χ0n) is 7.01. The molecule has 1 saturated heterocycles. The second-order valence-electron chi connectivity index (χ2n) is 2.85. The molecule has 0 unspecified atom stereocenters. The van der Waals surface area contributed by atoms with Crippen LogP contribution in [-0.4, -0.2) is 17.7 Å². The maximum Gasteiger partial charge on any atom is 0.332 e. The predicted molar refractivity (Wildman–Crippen MR) is 47.2 cm³/mol. The first-order valence-corrected chi connectivity index (χ1v) is 3.91. The summed E-state index contributed by atoms with van der Waals surface area (Å²) in [5, 5.41) is 2.71. The average Bonchev–Trinajstić information content (AvgIpc) is 2.13. The summed E-state index contributed by atoms with van der Waals surface area (Å²) in [6.07, 6.45) is 0. The fourth-order valence-corrected chi connectivity index (χ4v) is 0.485. The Labute approximate surface area is 72.1 Å². The van der Waals surface area contributed by atoms with Crippen LogP contribution in [0.5, 0.6) is 0 Å². The molecule has 0 radical (unpaired) electrons. The Bertz CT molecular complexity index is 140. The predicted octanol–water partition coefficient (Wildman–Crippen LogP) is 1.08. The number of carbonyl (C=O) groups is 1. The number of nitrogens with one attached hydrogen (secondary N) is 1. The van der Waals surface area contributed by atoms with Crippen LogP contribution >= 0.6 is 12.2 Å². The second kappa shape index (κ2) is 5.07. The molecule has 4 heteroatoms. The van der Waals surface area contributed by atoms with E-state index >= 15 is 0 Å². The van der Waals surface area contributed by atoms with Gasteiger partial charge in [0.2, 0.25) is 0 Å². The molecular formula is C7H13NO2S. The SMILES string of the molecule is CC(C)C.O=C1CNC(=S)O1. The second-order valence-corrected chi connectivity index (χ2v) is 3.22. The molecule has 0 saturated carbocycles. The van der Waals surface area contributed by atoms with Crippen LogP contribution in [0.4, 0.5) is 0 Å². The minimum atomic E-state index is -0.301. The minimum Gasteiger partial charge on any atom is -0.398 e. The monoisotopic (exact) mass is 175 g/mol. The van der Waals surface area contributed by atoms with Crippen molar-refractivity contribution in [1.82, 2.24) is 5.32 Å². The van der Waals surface area contributed by atoms with Gasteiger partial charge in [0.1, 0.15) is 6.54 Å². The van der Waals surface area contributed by atoms with Crippen LogP contribution in [0.1, 0.15) is 20.8 Å². The standard InChI is InChI=1S/C4H10.C3H3NO2S/c1-4(2)3;5-2-1-4-3(7)6-2/h4H,1-3H3;1H2,(H,4,7). The molecule has 1 fully saturated rings. The highest BCUT2D eigenvalue weighted by atomic mass is 32.1. The molecule has 0 aromatic heterocycles. The van der Waals surface area contributed by atoms with Crippen LogP contribution in [0, 0.1) is 5.92 Å². The maximum atomic E-state index is 10.1. The van der Waals surface area contributed by atoms with Crippen molar-refractivity contribution < 1.29 is 9.53 Å². The van der Waals surface area contributed by atoms with Crippen molar-refractivity contribution in [2.75, 3.05) is 6.54 Å². The molecule has 3 nitrogen and oxygen atoms in total. The molecule has 0 aromatic rings. The van der Waals surface area contributed by atoms with Gasteiger partial charge in [-0.05, 0) is 18.1 Å². The number of hydrogen-bond donors (Lipinski definition) is 1. The lowest BCUT2D eigenvalue weighted by molar-refractivity contribution is -0.131. The van der Waals surface area contributed by atoms with Gasteiger partial charge in [-0.2, -0.15) is 0 Å². The Morgan fingerprint density at radius 3 is 2.09 bits per heavy atom. The van der Waals surface area contributed by atoms with Crippen LogP contribution in [0.15, 0.2) is 0 Å². The van der Waals surface area contributed by atoms with E-state index in [2.05, 4.69) is 43.0 Å². The van der Waals surface area contributed by atoms with Gasteiger partial charge in [-0.1, -0.05) is 20.8 Å². The van der Waals surface area contributed by atoms with Crippen molar-refractivity contribution in [1.29, 1.82) is 0 Å². The Balaban J connectivity index is 0.000000218. The number of rotatable bonds is 0. The molecule has 11 heavy (non-hydrogen) atoms. The smallest absolute Gasteiger partial charge is 0.332 e. The van der Waals surface area contributed by atoms with Gasteiger partial charge in [-0.25, -0.2) is 4.79 Å². The van der Waals surface area contributed by atoms with E-state index in [1.807, 2.05) is 0 Å². The number of cyclic esters (lactones) is 1. The molecule has 1 aliphatic heterocycles. The van der Waals surface area contributed by atoms with E-state index in [1.54, 1.807) is 0 Å². The first-order valence-electron chi connectivity index (χ1n) is 3.51. The summed E-state index contributed by atoms with van der Waals surface area (Å²) in [7, 11) is 0. The largest absolute Gasteiger partial charge is 0.398 e. The molecule has 0 aliphatic carbocycles. The van der Waals surface area contributed by atoms with E-state index in [4.69, 9.17) is 0 Å². The molecule has 1 heterocycles. The summed E-state index contributed by atoms with van der Waals surface area (Å²) < 4.78 is 4.34. The van der Waals surface area contributed by atoms with Crippen molar-refractivity contribution in [3.05, 3.63) is 0 Å². The van der Waals surface area contributed by atoms with Gasteiger partial charge in [-0.3, -0.25) is 0 Å². The summed E-state index contributed by atoms with van der Waals surface area (Å²) >= 11 is 4.44. The lowest BCUT2D eigenvalue weighted by Gasteiger charge is -1.82. The topological polar surface area (TPSA) is 38.3 Å². The molecule has 0 bridgehead atoms. The van der Waals surface area contributed by atoms with Gasteiger partial charge in [0.25, 0.3) is 5.17 Å². The van der Waals surface area contributed by atoms with Crippen molar-refractivity contribution in [2.45, 2.75) is 20.8 Å². The van der Waals surface area contributed by atoms with Crippen LogP contribution in [0.25, 0.3) is 0 Å². The Hall–Kier alpha value is -0.640. The maximum absolute atomic E-state index is 10.1. The molecule has 0 atom stereocenters.